The van der Waals surface area contributed by atoms with E-state index in [9.17, 15) is 8.42 Å². The van der Waals surface area contributed by atoms with Crippen LogP contribution in [-0.2, 0) is 22.3 Å². The first-order chi connectivity index (χ1) is 14.3. The van der Waals surface area contributed by atoms with Gasteiger partial charge in [0.2, 0.25) is 10.0 Å². The Morgan fingerprint density at radius 2 is 1.83 bits per heavy atom. The molecule has 0 radical (unpaired) electrons. The van der Waals surface area contributed by atoms with Gasteiger partial charge in [0.1, 0.15) is 0 Å². The molecule has 1 fully saturated rings. The third-order valence-electron chi connectivity index (χ3n) is 5.37. The molecule has 0 amide bonds. The van der Waals surface area contributed by atoms with E-state index in [-0.39, 0.29) is 11.8 Å². The van der Waals surface area contributed by atoms with Crippen LogP contribution in [0.4, 0.5) is 0 Å². The van der Waals surface area contributed by atoms with Crippen LogP contribution in [0.15, 0.2) is 29.3 Å². The second-order valence-corrected chi connectivity index (χ2v) is 10.3. The number of benzene rings is 1. The van der Waals surface area contributed by atoms with Crippen LogP contribution < -0.4 is 15.4 Å². The fourth-order valence-corrected chi connectivity index (χ4v) is 5.16. The van der Waals surface area contributed by atoms with Crippen LogP contribution in [0.2, 0.25) is 0 Å². The molecule has 0 unspecified atom stereocenters. The predicted octanol–water partition coefficient (Wildman–Crippen LogP) is 2.30. The van der Waals surface area contributed by atoms with Crippen molar-refractivity contribution in [3.8, 4) is 0 Å². The van der Waals surface area contributed by atoms with Crippen molar-refractivity contribution < 1.29 is 8.42 Å². The lowest BCUT2D eigenvalue weighted by Crippen LogP contribution is -2.39. The van der Waals surface area contributed by atoms with Gasteiger partial charge in [-0.25, -0.2) is 13.1 Å². The molecule has 0 spiro atoms. The Bertz CT molecular complexity index is 771. The summed E-state index contributed by atoms with van der Waals surface area (Å²) in [6, 6.07) is 7.51. The van der Waals surface area contributed by atoms with Gasteiger partial charge >= 0.3 is 0 Å². The molecule has 1 saturated heterocycles. The number of piperidine rings is 1. The van der Waals surface area contributed by atoms with Crippen molar-refractivity contribution >= 4 is 16.0 Å². The zero-order valence-corrected chi connectivity index (χ0v) is 19.8. The Morgan fingerprint density at radius 3 is 2.47 bits per heavy atom. The summed E-state index contributed by atoms with van der Waals surface area (Å²) in [4.78, 5) is 6.83. The number of hydrogen-bond donors (Lipinski definition) is 3. The van der Waals surface area contributed by atoms with Crippen molar-refractivity contribution in [3.05, 3.63) is 35.4 Å². The number of hydrogen-bond acceptors (Lipinski definition) is 4. The van der Waals surface area contributed by atoms with Crippen molar-refractivity contribution in [2.45, 2.75) is 58.4 Å². The number of aliphatic imine (C=N–C) groups is 1. The van der Waals surface area contributed by atoms with E-state index in [4.69, 9.17) is 0 Å². The maximum atomic E-state index is 12.3. The molecule has 2 rings (SSSR count). The third kappa shape index (κ3) is 9.02. The van der Waals surface area contributed by atoms with Gasteiger partial charge in [-0.1, -0.05) is 31.2 Å². The van der Waals surface area contributed by atoms with Gasteiger partial charge in [-0.15, -0.1) is 0 Å². The Hall–Kier alpha value is -1.64. The number of guanidine groups is 1. The standard InChI is InChI=1S/C22H39N5O2S/c1-18(2)26-30(28,29)17-21-9-6-5-8-20(21)16-25-22(23-4)24-12-7-13-27-14-10-19(3)11-15-27/h5-6,8-9,18-19,26H,7,10-17H2,1-4H3,(H2,23,24,25). The number of sulfonamides is 1. The molecular weight excluding hydrogens is 398 g/mol. The van der Waals surface area contributed by atoms with Gasteiger partial charge in [0.15, 0.2) is 5.96 Å². The fourth-order valence-electron chi connectivity index (χ4n) is 3.67. The highest BCUT2D eigenvalue weighted by molar-refractivity contribution is 7.88. The van der Waals surface area contributed by atoms with Gasteiger partial charge < -0.3 is 15.5 Å². The lowest BCUT2D eigenvalue weighted by atomic mass is 9.99. The molecule has 1 aromatic carbocycles. The molecule has 30 heavy (non-hydrogen) atoms. The Labute approximate surface area is 182 Å². The SMILES string of the molecule is CN=C(NCCCN1CCC(C)CC1)NCc1ccccc1CS(=O)(=O)NC(C)C. The van der Waals surface area contributed by atoms with Crippen LogP contribution in [0, 0.1) is 5.92 Å². The summed E-state index contributed by atoms with van der Waals surface area (Å²) < 4.78 is 27.3. The van der Waals surface area contributed by atoms with E-state index in [0.29, 0.717) is 6.54 Å². The molecule has 8 heteroatoms. The van der Waals surface area contributed by atoms with Crippen LogP contribution >= 0.6 is 0 Å². The zero-order valence-electron chi connectivity index (χ0n) is 18.9. The topological polar surface area (TPSA) is 85.8 Å². The molecule has 0 atom stereocenters. The van der Waals surface area contributed by atoms with E-state index in [1.54, 1.807) is 7.05 Å². The van der Waals surface area contributed by atoms with Crippen LogP contribution in [0.3, 0.4) is 0 Å². The Balaban J connectivity index is 1.79. The van der Waals surface area contributed by atoms with E-state index < -0.39 is 10.0 Å². The monoisotopic (exact) mass is 437 g/mol. The fraction of sp³-hybridized carbons (Fsp3) is 0.682. The van der Waals surface area contributed by atoms with Gasteiger partial charge in [0.05, 0.1) is 5.75 Å². The molecule has 0 aromatic heterocycles. The number of nitrogens with one attached hydrogen (secondary N) is 3. The number of nitrogens with zero attached hydrogens (tertiary/aromatic N) is 2. The molecule has 7 nitrogen and oxygen atoms in total. The molecule has 1 aromatic rings. The highest BCUT2D eigenvalue weighted by atomic mass is 32.2. The van der Waals surface area contributed by atoms with Crippen molar-refractivity contribution in [1.82, 2.24) is 20.3 Å². The van der Waals surface area contributed by atoms with Crippen molar-refractivity contribution in [1.29, 1.82) is 0 Å². The summed E-state index contributed by atoms with van der Waals surface area (Å²) in [5, 5.41) is 6.67. The van der Waals surface area contributed by atoms with Crippen molar-refractivity contribution in [2.24, 2.45) is 10.9 Å². The van der Waals surface area contributed by atoms with E-state index >= 15 is 0 Å². The van der Waals surface area contributed by atoms with Crippen LogP contribution in [0.25, 0.3) is 0 Å². The lowest BCUT2D eigenvalue weighted by Gasteiger charge is -2.30. The summed E-state index contributed by atoms with van der Waals surface area (Å²) in [5.74, 6) is 1.57. The minimum Gasteiger partial charge on any atom is -0.356 e. The van der Waals surface area contributed by atoms with Crippen LogP contribution in [0.5, 0.6) is 0 Å². The van der Waals surface area contributed by atoms with Crippen molar-refractivity contribution in [3.63, 3.8) is 0 Å². The maximum Gasteiger partial charge on any atom is 0.216 e. The summed E-state index contributed by atoms with van der Waals surface area (Å²) in [5.41, 5.74) is 1.75. The van der Waals surface area contributed by atoms with E-state index in [1.165, 1.54) is 25.9 Å². The summed E-state index contributed by atoms with van der Waals surface area (Å²) in [7, 11) is -1.61. The average Bonchev–Trinajstić information content (AvgIpc) is 2.68. The molecule has 1 aliphatic heterocycles. The Kier molecular flexibility index (Phi) is 10.1. The smallest absolute Gasteiger partial charge is 0.216 e. The first-order valence-electron chi connectivity index (χ1n) is 11.0. The second-order valence-electron chi connectivity index (χ2n) is 8.53. The van der Waals surface area contributed by atoms with Gasteiger partial charge in [-0.05, 0) is 69.8 Å². The molecule has 170 valence electrons. The highest BCUT2D eigenvalue weighted by Crippen LogP contribution is 2.15. The van der Waals surface area contributed by atoms with E-state index in [1.807, 2.05) is 38.1 Å². The van der Waals surface area contributed by atoms with Gasteiger partial charge in [0, 0.05) is 26.2 Å². The number of likely N-dealkylation sites (tertiary alicyclic amines) is 1. The lowest BCUT2D eigenvalue weighted by molar-refractivity contribution is 0.191. The zero-order chi connectivity index (χ0) is 22.0. The first-order valence-corrected chi connectivity index (χ1v) is 12.7. The summed E-state index contributed by atoms with van der Waals surface area (Å²) in [6.07, 6.45) is 3.68. The summed E-state index contributed by atoms with van der Waals surface area (Å²) in [6.45, 7) is 10.9. The average molecular weight is 438 g/mol. The molecule has 1 aliphatic rings. The molecular formula is C22H39N5O2S. The van der Waals surface area contributed by atoms with Crippen molar-refractivity contribution in [2.75, 3.05) is 33.2 Å². The molecule has 1 heterocycles. The van der Waals surface area contributed by atoms with E-state index in [2.05, 4.69) is 32.2 Å². The molecule has 0 bridgehead atoms. The number of rotatable bonds is 10. The largest absolute Gasteiger partial charge is 0.356 e. The first kappa shape index (κ1) is 24.6. The molecule has 0 aliphatic carbocycles. The highest BCUT2D eigenvalue weighted by Gasteiger charge is 2.16. The van der Waals surface area contributed by atoms with E-state index in [0.717, 1.165) is 42.5 Å². The van der Waals surface area contributed by atoms with Gasteiger partial charge in [-0.2, -0.15) is 0 Å². The molecule has 3 N–H and O–H groups in total. The summed E-state index contributed by atoms with van der Waals surface area (Å²) >= 11 is 0. The maximum absolute atomic E-state index is 12.3. The predicted molar refractivity (Wildman–Crippen MR) is 125 cm³/mol. The minimum absolute atomic E-state index is 0.0243. The van der Waals surface area contributed by atoms with Gasteiger partial charge in [0.25, 0.3) is 0 Å². The minimum atomic E-state index is -3.36. The van der Waals surface area contributed by atoms with Crippen LogP contribution in [0.1, 0.15) is 51.2 Å². The van der Waals surface area contributed by atoms with Gasteiger partial charge in [-0.3, -0.25) is 4.99 Å². The normalized spacial score (nSPS) is 16.8. The second kappa shape index (κ2) is 12.3. The molecule has 0 saturated carbocycles. The Morgan fingerprint density at radius 1 is 1.17 bits per heavy atom. The quantitative estimate of drug-likeness (QED) is 0.297. The van der Waals surface area contributed by atoms with Crippen LogP contribution in [-0.4, -0.2) is 58.5 Å². The third-order valence-corrected chi connectivity index (χ3v) is 6.89.